The summed E-state index contributed by atoms with van der Waals surface area (Å²) in [4.78, 5) is 22.5. The van der Waals surface area contributed by atoms with Crippen molar-refractivity contribution in [3.63, 3.8) is 0 Å². The molecule has 0 spiro atoms. The van der Waals surface area contributed by atoms with Crippen molar-refractivity contribution in [2.45, 2.75) is 38.3 Å². The van der Waals surface area contributed by atoms with E-state index >= 15 is 0 Å². The van der Waals surface area contributed by atoms with Crippen LogP contribution in [0, 0.1) is 5.92 Å². The van der Waals surface area contributed by atoms with E-state index in [0.717, 1.165) is 0 Å². The third-order valence-corrected chi connectivity index (χ3v) is 2.29. The minimum absolute atomic E-state index is 0.0528. The number of rotatable bonds is 2. The highest BCUT2D eigenvalue weighted by atomic mass is 16.6. The molecule has 0 aromatic heterocycles. The van der Waals surface area contributed by atoms with Gasteiger partial charge in [-0.1, -0.05) is 12.2 Å². The molecule has 0 aromatic rings. The van der Waals surface area contributed by atoms with Gasteiger partial charge in [0.1, 0.15) is 11.1 Å². The Hall–Kier alpha value is -1.36. The van der Waals surface area contributed by atoms with Crippen LogP contribution in [0.5, 0.6) is 0 Å². The molecule has 0 bridgehead atoms. The van der Waals surface area contributed by atoms with Crippen LogP contribution < -0.4 is 5.73 Å². The minimum atomic E-state index is -1.44. The number of hydrogen-bond acceptors (Lipinski definition) is 4. The zero-order chi connectivity index (χ0) is 12.6. The van der Waals surface area contributed by atoms with E-state index in [1.54, 1.807) is 20.8 Å². The Bertz CT molecular complexity index is 342. The number of nitrogens with two attached hydrogens (primary N) is 1. The number of carboxylic acid groups (broad SMARTS) is 1. The molecular weight excluding hydrogens is 210 g/mol. The third kappa shape index (κ3) is 2.82. The van der Waals surface area contributed by atoms with Gasteiger partial charge in [0, 0.05) is 0 Å². The van der Waals surface area contributed by atoms with Crippen LogP contribution in [0.25, 0.3) is 0 Å². The largest absolute Gasteiger partial charge is 0.480 e. The highest BCUT2D eigenvalue weighted by molar-refractivity contribution is 5.85. The van der Waals surface area contributed by atoms with Crippen molar-refractivity contribution in [2.24, 2.45) is 11.7 Å². The molecule has 1 rings (SSSR count). The lowest BCUT2D eigenvalue weighted by Crippen LogP contribution is -2.45. The zero-order valence-corrected chi connectivity index (χ0v) is 9.69. The normalized spacial score (nSPS) is 29.1. The fourth-order valence-electron chi connectivity index (χ4n) is 1.49. The summed E-state index contributed by atoms with van der Waals surface area (Å²) in [7, 11) is 0. The van der Waals surface area contributed by atoms with Crippen molar-refractivity contribution < 1.29 is 19.4 Å². The van der Waals surface area contributed by atoms with Crippen molar-refractivity contribution >= 4 is 11.9 Å². The van der Waals surface area contributed by atoms with E-state index in [2.05, 4.69) is 0 Å². The van der Waals surface area contributed by atoms with Crippen LogP contribution in [-0.2, 0) is 14.3 Å². The predicted molar refractivity (Wildman–Crippen MR) is 57.6 cm³/mol. The fourth-order valence-corrected chi connectivity index (χ4v) is 1.49. The summed E-state index contributed by atoms with van der Waals surface area (Å²) in [6.07, 6.45) is 2.91. The lowest BCUT2D eigenvalue weighted by Gasteiger charge is -2.23. The number of ether oxygens (including phenoxy) is 1. The molecule has 3 N–H and O–H groups in total. The van der Waals surface area contributed by atoms with E-state index in [1.165, 1.54) is 12.2 Å². The van der Waals surface area contributed by atoms with Gasteiger partial charge in [-0.25, -0.2) is 4.79 Å². The number of carboxylic acids is 1. The maximum atomic E-state index is 11.6. The summed E-state index contributed by atoms with van der Waals surface area (Å²) in [5, 5.41) is 8.88. The van der Waals surface area contributed by atoms with Crippen LogP contribution >= 0.6 is 0 Å². The maximum absolute atomic E-state index is 11.6. The van der Waals surface area contributed by atoms with Crippen molar-refractivity contribution in [3.05, 3.63) is 12.2 Å². The SMILES string of the molecule is CC(C)(C)OC(=O)[C@H]1C=C[C@](N)(C(=O)O)C1. The molecule has 90 valence electrons. The van der Waals surface area contributed by atoms with E-state index in [9.17, 15) is 9.59 Å². The van der Waals surface area contributed by atoms with Gasteiger partial charge in [0.15, 0.2) is 0 Å². The van der Waals surface area contributed by atoms with Crippen molar-refractivity contribution in [3.8, 4) is 0 Å². The number of carbonyl (C=O) groups is 2. The first-order valence-corrected chi connectivity index (χ1v) is 5.08. The van der Waals surface area contributed by atoms with Crippen LogP contribution in [0.1, 0.15) is 27.2 Å². The first-order valence-electron chi connectivity index (χ1n) is 5.08. The monoisotopic (exact) mass is 227 g/mol. The Morgan fingerprint density at radius 3 is 2.44 bits per heavy atom. The average Bonchev–Trinajstić information content (AvgIpc) is 2.46. The Labute approximate surface area is 94.3 Å². The first kappa shape index (κ1) is 12.7. The Morgan fingerprint density at radius 1 is 1.50 bits per heavy atom. The maximum Gasteiger partial charge on any atom is 0.327 e. The smallest absolute Gasteiger partial charge is 0.327 e. The summed E-state index contributed by atoms with van der Waals surface area (Å²) in [6.45, 7) is 5.28. The molecule has 0 fully saturated rings. The van der Waals surface area contributed by atoms with Gasteiger partial charge in [-0.2, -0.15) is 0 Å². The Balaban J connectivity index is 2.65. The lowest BCUT2D eigenvalue weighted by molar-refractivity contribution is -0.158. The van der Waals surface area contributed by atoms with Crippen molar-refractivity contribution in [1.29, 1.82) is 0 Å². The summed E-state index contributed by atoms with van der Waals surface area (Å²) in [5.74, 6) is -2.13. The number of esters is 1. The van der Waals surface area contributed by atoms with Crippen LogP contribution in [-0.4, -0.2) is 28.2 Å². The molecule has 2 atom stereocenters. The summed E-state index contributed by atoms with van der Waals surface area (Å²) in [5.41, 5.74) is 3.58. The molecule has 0 heterocycles. The van der Waals surface area contributed by atoms with Crippen molar-refractivity contribution in [2.75, 3.05) is 0 Å². The predicted octanol–water partition coefficient (Wildman–Crippen LogP) is 0.686. The van der Waals surface area contributed by atoms with E-state index in [4.69, 9.17) is 15.6 Å². The molecule has 5 heteroatoms. The van der Waals surface area contributed by atoms with Gasteiger partial charge < -0.3 is 15.6 Å². The quantitative estimate of drug-likeness (QED) is 0.535. The molecule has 0 aromatic carbocycles. The number of aliphatic carboxylic acids is 1. The number of hydrogen-bond donors (Lipinski definition) is 2. The topological polar surface area (TPSA) is 89.6 Å². The van der Waals surface area contributed by atoms with Gasteiger partial charge in [-0.3, -0.25) is 4.79 Å². The van der Waals surface area contributed by atoms with Crippen LogP contribution in [0.2, 0.25) is 0 Å². The average molecular weight is 227 g/mol. The van der Waals surface area contributed by atoms with Gasteiger partial charge >= 0.3 is 11.9 Å². The third-order valence-electron chi connectivity index (χ3n) is 2.29. The van der Waals surface area contributed by atoms with Gasteiger partial charge in [0.2, 0.25) is 0 Å². The van der Waals surface area contributed by atoms with E-state index < -0.39 is 29.0 Å². The van der Waals surface area contributed by atoms with E-state index in [-0.39, 0.29) is 6.42 Å². The van der Waals surface area contributed by atoms with Crippen LogP contribution in [0.4, 0.5) is 0 Å². The second-order valence-electron chi connectivity index (χ2n) is 5.05. The highest BCUT2D eigenvalue weighted by Crippen LogP contribution is 2.28. The van der Waals surface area contributed by atoms with Gasteiger partial charge in [-0.15, -0.1) is 0 Å². The first-order chi connectivity index (χ1) is 7.14. The molecule has 16 heavy (non-hydrogen) atoms. The van der Waals surface area contributed by atoms with Crippen molar-refractivity contribution in [1.82, 2.24) is 0 Å². The van der Waals surface area contributed by atoms with Crippen LogP contribution in [0.15, 0.2) is 12.2 Å². The molecule has 0 saturated carbocycles. The highest BCUT2D eigenvalue weighted by Gasteiger charge is 2.41. The second-order valence-corrected chi connectivity index (χ2v) is 5.05. The summed E-state index contributed by atoms with van der Waals surface area (Å²) >= 11 is 0. The molecular formula is C11H17NO4. The summed E-state index contributed by atoms with van der Waals surface area (Å²) in [6, 6.07) is 0. The molecule has 0 radical (unpaired) electrons. The Kier molecular flexibility index (Phi) is 3.10. The van der Waals surface area contributed by atoms with E-state index in [0.29, 0.717) is 0 Å². The molecule has 5 nitrogen and oxygen atoms in total. The molecule has 0 saturated heterocycles. The van der Waals surface area contributed by atoms with Gasteiger partial charge in [0.25, 0.3) is 0 Å². The molecule has 1 aliphatic rings. The summed E-state index contributed by atoms with van der Waals surface area (Å²) < 4.78 is 5.16. The van der Waals surface area contributed by atoms with Gasteiger partial charge in [0.05, 0.1) is 5.92 Å². The second kappa shape index (κ2) is 3.90. The fraction of sp³-hybridized carbons (Fsp3) is 0.636. The van der Waals surface area contributed by atoms with Gasteiger partial charge in [-0.05, 0) is 27.2 Å². The van der Waals surface area contributed by atoms with Crippen LogP contribution in [0.3, 0.4) is 0 Å². The number of carbonyl (C=O) groups excluding carboxylic acids is 1. The Morgan fingerprint density at radius 2 is 2.06 bits per heavy atom. The van der Waals surface area contributed by atoms with E-state index in [1.807, 2.05) is 0 Å². The zero-order valence-electron chi connectivity index (χ0n) is 9.69. The lowest BCUT2D eigenvalue weighted by atomic mass is 9.96. The minimum Gasteiger partial charge on any atom is -0.480 e. The molecule has 0 amide bonds. The molecule has 0 unspecified atom stereocenters. The standard InChI is InChI=1S/C11H17NO4/c1-10(2,3)16-8(13)7-4-5-11(12,6-7)9(14)15/h4-5,7H,6,12H2,1-3H3,(H,14,15)/t7-,11+/m0/s1. The molecule has 1 aliphatic carbocycles. The molecule has 0 aliphatic heterocycles.